The number of nitrogens with one attached hydrogen (secondary N) is 1. The van der Waals surface area contributed by atoms with E-state index in [2.05, 4.69) is 66.7 Å². The predicted octanol–water partition coefficient (Wildman–Crippen LogP) is 4.38. The van der Waals surface area contributed by atoms with Gasteiger partial charge in [0.05, 0.1) is 5.35 Å². The minimum absolute atomic E-state index is 0.168. The lowest BCUT2D eigenvalue weighted by Crippen LogP contribution is -2.48. The molecule has 1 fully saturated rings. The maximum atomic E-state index is 11.5. The summed E-state index contributed by atoms with van der Waals surface area (Å²) in [6, 6.07) is 12.6. The second kappa shape index (κ2) is 12.7. The molecule has 30 heavy (non-hydrogen) atoms. The average Bonchev–Trinajstić information content (AvgIpc) is 3.19. The monoisotopic (exact) mass is 409 g/mol. The van der Waals surface area contributed by atoms with Crippen LogP contribution in [0.25, 0.3) is 23.0 Å². The molecule has 1 N–H and O–H groups in total. The Labute approximate surface area is 182 Å². The Bertz CT molecular complexity index is 913. The topological polar surface area (TPSA) is 39.3 Å². The van der Waals surface area contributed by atoms with Crippen molar-refractivity contribution in [3.05, 3.63) is 59.1 Å². The van der Waals surface area contributed by atoms with Crippen molar-refractivity contribution in [1.82, 2.24) is 14.8 Å². The molecule has 2 aromatic rings. The normalized spacial score (nSPS) is 14.8. The lowest BCUT2D eigenvalue weighted by Gasteiger charge is -2.35. The van der Waals surface area contributed by atoms with E-state index in [1.165, 1.54) is 27.4 Å². The van der Waals surface area contributed by atoms with Crippen LogP contribution in [-0.2, 0) is 4.79 Å². The van der Waals surface area contributed by atoms with Gasteiger partial charge in [0, 0.05) is 44.5 Å². The molecule has 1 saturated heterocycles. The highest BCUT2D eigenvalue weighted by atomic mass is 16.2. The Hall–Kier alpha value is -2.75. The number of allylic oxidation sites excluding steroid dienone is 1. The average molecular weight is 410 g/mol. The Morgan fingerprint density at radius 2 is 1.47 bits per heavy atom. The van der Waals surface area contributed by atoms with Crippen molar-refractivity contribution in [2.75, 3.05) is 26.2 Å². The van der Waals surface area contributed by atoms with Crippen LogP contribution in [0.15, 0.2) is 48.6 Å². The van der Waals surface area contributed by atoms with E-state index in [1.54, 1.807) is 6.92 Å². The number of aromatic amines is 1. The molecule has 1 amide bonds. The van der Waals surface area contributed by atoms with Gasteiger partial charge in [0.15, 0.2) is 0 Å². The van der Waals surface area contributed by atoms with Gasteiger partial charge in [0.1, 0.15) is 0 Å². The number of benzene rings is 1. The maximum absolute atomic E-state index is 11.5. The van der Waals surface area contributed by atoms with Crippen LogP contribution in [0.3, 0.4) is 0 Å². The first-order valence-corrected chi connectivity index (χ1v) is 10.9. The summed E-state index contributed by atoms with van der Waals surface area (Å²) in [4.78, 5) is 19.4. The number of amides is 1. The molecule has 0 spiro atoms. The van der Waals surface area contributed by atoms with Gasteiger partial charge in [-0.15, -0.1) is 6.58 Å². The van der Waals surface area contributed by atoms with E-state index in [0.29, 0.717) is 0 Å². The summed E-state index contributed by atoms with van der Waals surface area (Å²) in [5.41, 5.74) is 4.75. The molecule has 164 valence electrons. The summed E-state index contributed by atoms with van der Waals surface area (Å²) in [5, 5.41) is 2.40. The fraction of sp³-hybridized carbons (Fsp3) is 0.423. The second-order valence-corrected chi connectivity index (χ2v) is 7.45. The Kier molecular flexibility index (Phi) is 10.7. The molecule has 4 nitrogen and oxygen atoms in total. The SMILES string of the molecule is C/C=c1\cc(-c2ccccc2)[nH]\c1=C(\C)N1CCN(C(C)=O)CC1.C=C(C)C.CC. The third-order valence-electron chi connectivity index (χ3n) is 4.81. The van der Waals surface area contributed by atoms with Crippen molar-refractivity contribution in [2.45, 2.75) is 48.5 Å². The standard InChI is InChI=1S/C20H25N3O.C4H8.C2H6/c1-4-17-14-19(18-8-6-5-7-9-18)21-20(17)15(2)22-10-12-23(13-11-22)16(3)24;1-4(2)3;1-2/h4-9,14,21H,10-13H2,1-3H3;1H2,2-3H3;1-2H3/b17-4+,20-15-;;. The first-order valence-electron chi connectivity index (χ1n) is 10.9. The molecule has 3 rings (SSSR count). The molecule has 1 aromatic heterocycles. The lowest BCUT2D eigenvalue weighted by atomic mass is 10.1. The summed E-state index contributed by atoms with van der Waals surface area (Å²) in [6.45, 7) is 20.7. The number of H-pyrrole nitrogens is 1. The number of carbonyl (C=O) groups is 1. The molecule has 1 aromatic carbocycles. The summed E-state index contributed by atoms with van der Waals surface area (Å²) in [6.07, 6.45) is 2.15. The van der Waals surface area contributed by atoms with Gasteiger partial charge >= 0.3 is 0 Å². The highest BCUT2D eigenvalue weighted by Gasteiger charge is 2.19. The van der Waals surface area contributed by atoms with Gasteiger partial charge in [0.2, 0.25) is 5.91 Å². The van der Waals surface area contributed by atoms with Crippen LogP contribution in [0, 0.1) is 0 Å². The first kappa shape index (κ1) is 25.3. The van der Waals surface area contributed by atoms with Gasteiger partial charge in [-0.2, -0.15) is 0 Å². The van der Waals surface area contributed by atoms with Crippen LogP contribution < -0.4 is 10.6 Å². The molecule has 2 heterocycles. The molecule has 0 atom stereocenters. The number of aromatic nitrogens is 1. The third kappa shape index (κ3) is 7.25. The highest BCUT2D eigenvalue weighted by molar-refractivity contribution is 5.73. The smallest absolute Gasteiger partial charge is 0.219 e. The van der Waals surface area contributed by atoms with E-state index < -0.39 is 0 Å². The maximum Gasteiger partial charge on any atom is 0.219 e. The molecule has 0 saturated carbocycles. The van der Waals surface area contributed by atoms with Crippen molar-refractivity contribution in [2.24, 2.45) is 0 Å². The van der Waals surface area contributed by atoms with Crippen molar-refractivity contribution < 1.29 is 4.79 Å². The number of carbonyl (C=O) groups excluding carboxylic acids is 1. The van der Waals surface area contributed by atoms with Gasteiger partial charge < -0.3 is 14.8 Å². The molecule has 0 aliphatic carbocycles. The van der Waals surface area contributed by atoms with E-state index in [-0.39, 0.29) is 5.91 Å². The quantitative estimate of drug-likeness (QED) is 0.748. The van der Waals surface area contributed by atoms with E-state index in [1.807, 2.05) is 38.7 Å². The molecule has 0 unspecified atom stereocenters. The lowest BCUT2D eigenvalue weighted by molar-refractivity contribution is -0.130. The van der Waals surface area contributed by atoms with E-state index in [0.717, 1.165) is 31.9 Å². The molecule has 1 aliphatic heterocycles. The van der Waals surface area contributed by atoms with Crippen molar-refractivity contribution >= 4 is 17.7 Å². The fourth-order valence-corrected chi connectivity index (χ4v) is 3.29. The Balaban J connectivity index is 0.000000673. The van der Waals surface area contributed by atoms with Crippen LogP contribution in [-0.4, -0.2) is 46.9 Å². The number of hydrogen-bond donors (Lipinski definition) is 1. The van der Waals surface area contributed by atoms with Gasteiger partial charge in [-0.05, 0) is 44.5 Å². The molecule has 0 radical (unpaired) electrons. The number of rotatable bonds is 2. The second-order valence-electron chi connectivity index (χ2n) is 7.45. The van der Waals surface area contributed by atoms with Crippen LogP contribution in [0.4, 0.5) is 0 Å². The molecule has 1 aliphatic rings. The van der Waals surface area contributed by atoms with Gasteiger partial charge in [-0.25, -0.2) is 0 Å². The molecule has 4 heteroatoms. The third-order valence-corrected chi connectivity index (χ3v) is 4.81. The van der Waals surface area contributed by atoms with Gasteiger partial charge in [-0.3, -0.25) is 4.79 Å². The van der Waals surface area contributed by atoms with Crippen molar-refractivity contribution in [3.8, 4) is 11.3 Å². The van der Waals surface area contributed by atoms with E-state index in [9.17, 15) is 4.79 Å². The Morgan fingerprint density at radius 1 is 0.967 bits per heavy atom. The summed E-state index contributed by atoms with van der Waals surface area (Å²) in [5.74, 6) is 0.168. The highest BCUT2D eigenvalue weighted by Crippen LogP contribution is 2.14. The van der Waals surface area contributed by atoms with Gasteiger partial charge in [-0.1, -0.05) is 55.8 Å². The van der Waals surface area contributed by atoms with Gasteiger partial charge in [0.25, 0.3) is 0 Å². The Morgan fingerprint density at radius 3 is 1.93 bits per heavy atom. The zero-order chi connectivity index (χ0) is 22.7. The molecular formula is C26H39N3O. The van der Waals surface area contributed by atoms with Crippen molar-refractivity contribution in [3.63, 3.8) is 0 Å². The van der Waals surface area contributed by atoms with E-state index >= 15 is 0 Å². The zero-order valence-electron chi connectivity index (χ0n) is 19.9. The fourth-order valence-electron chi connectivity index (χ4n) is 3.29. The van der Waals surface area contributed by atoms with Crippen molar-refractivity contribution in [1.29, 1.82) is 0 Å². The summed E-state index contributed by atoms with van der Waals surface area (Å²) < 4.78 is 0. The minimum Gasteiger partial charge on any atom is -0.370 e. The van der Waals surface area contributed by atoms with Crippen LogP contribution in [0.2, 0.25) is 0 Å². The largest absolute Gasteiger partial charge is 0.370 e. The van der Waals surface area contributed by atoms with Crippen LogP contribution in [0.1, 0.15) is 48.5 Å². The number of nitrogens with zero attached hydrogens (tertiary/aromatic N) is 2. The predicted molar refractivity (Wildman–Crippen MR) is 130 cm³/mol. The first-order chi connectivity index (χ1) is 14.3. The number of piperazine rings is 1. The molecule has 0 bridgehead atoms. The summed E-state index contributed by atoms with van der Waals surface area (Å²) in [7, 11) is 0. The van der Waals surface area contributed by atoms with Crippen LogP contribution >= 0.6 is 0 Å². The minimum atomic E-state index is 0.168. The number of hydrogen-bond acceptors (Lipinski definition) is 2. The molecular weight excluding hydrogens is 370 g/mol. The zero-order valence-corrected chi connectivity index (χ0v) is 19.9. The summed E-state index contributed by atoms with van der Waals surface area (Å²) >= 11 is 0. The van der Waals surface area contributed by atoms with E-state index in [4.69, 9.17) is 0 Å². The van der Waals surface area contributed by atoms with Crippen LogP contribution in [0.5, 0.6) is 0 Å².